The van der Waals surface area contributed by atoms with Crippen LogP contribution in [0.15, 0.2) is 59.0 Å². The van der Waals surface area contributed by atoms with Crippen molar-refractivity contribution in [3.05, 3.63) is 54.6 Å². The van der Waals surface area contributed by atoms with E-state index in [1.165, 1.54) is 0 Å². The van der Waals surface area contributed by atoms with E-state index in [-0.39, 0.29) is 5.91 Å². The Morgan fingerprint density at radius 3 is 2.48 bits per heavy atom. The van der Waals surface area contributed by atoms with Gasteiger partial charge in [-0.25, -0.2) is 0 Å². The van der Waals surface area contributed by atoms with Crippen molar-refractivity contribution in [1.29, 1.82) is 0 Å². The summed E-state index contributed by atoms with van der Waals surface area (Å²) in [4.78, 5) is 21.0. The topological polar surface area (TPSA) is 61.6 Å². The van der Waals surface area contributed by atoms with E-state index in [0.717, 1.165) is 43.0 Å². The summed E-state index contributed by atoms with van der Waals surface area (Å²) in [6, 6.07) is 18.0. The van der Waals surface area contributed by atoms with Crippen molar-refractivity contribution >= 4 is 28.7 Å². The summed E-state index contributed by atoms with van der Waals surface area (Å²) >= 11 is 0. The standard InChI is InChI=1S/C19H20N4O2/c24-18(20-15-6-2-1-3-7-15)14-22-10-12-23(13-11-22)19-21-16-8-4-5-9-17(16)25-19/h1-9H,10-14H2,(H,20,24). The molecule has 1 aromatic heterocycles. The predicted octanol–water partition coefficient (Wildman–Crippen LogP) is 2.59. The maximum absolute atomic E-state index is 12.2. The molecule has 1 saturated heterocycles. The fourth-order valence-electron chi connectivity index (χ4n) is 3.02. The molecule has 6 heteroatoms. The van der Waals surface area contributed by atoms with Crippen LogP contribution in [0.25, 0.3) is 11.1 Å². The number of amides is 1. The number of nitrogens with zero attached hydrogens (tertiary/aromatic N) is 3. The van der Waals surface area contributed by atoms with Gasteiger partial charge in [0.15, 0.2) is 5.58 Å². The fraction of sp³-hybridized carbons (Fsp3) is 0.263. The second-order valence-electron chi connectivity index (χ2n) is 6.14. The third-order valence-corrected chi connectivity index (χ3v) is 4.35. The van der Waals surface area contributed by atoms with Crippen molar-refractivity contribution < 1.29 is 9.21 Å². The van der Waals surface area contributed by atoms with Gasteiger partial charge in [-0.2, -0.15) is 4.98 Å². The minimum atomic E-state index is 0.0153. The first-order chi connectivity index (χ1) is 12.3. The summed E-state index contributed by atoms with van der Waals surface area (Å²) in [5, 5.41) is 2.92. The number of nitrogens with one attached hydrogen (secondary N) is 1. The Kier molecular flexibility index (Phi) is 4.35. The molecule has 4 rings (SSSR count). The van der Waals surface area contributed by atoms with Crippen LogP contribution in [0.1, 0.15) is 0 Å². The number of fused-ring (bicyclic) bond motifs is 1. The average Bonchev–Trinajstić information content (AvgIpc) is 3.07. The molecule has 0 bridgehead atoms. The van der Waals surface area contributed by atoms with E-state index >= 15 is 0 Å². The monoisotopic (exact) mass is 336 g/mol. The molecule has 2 aromatic carbocycles. The van der Waals surface area contributed by atoms with Crippen molar-refractivity contribution in [2.24, 2.45) is 0 Å². The molecule has 6 nitrogen and oxygen atoms in total. The van der Waals surface area contributed by atoms with Crippen molar-refractivity contribution in [2.45, 2.75) is 0 Å². The summed E-state index contributed by atoms with van der Waals surface area (Å²) in [5.74, 6) is 0.0153. The van der Waals surface area contributed by atoms with Gasteiger partial charge in [-0.05, 0) is 24.3 Å². The number of oxazole rings is 1. The van der Waals surface area contributed by atoms with Crippen molar-refractivity contribution in [3.63, 3.8) is 0 Å². The maximum Gasteiger partial charge on any atom is 0.298 e. The molecule has 0 saturated carbocycles. The molecule has 0 aliphatic carbocycles. The Morgan fingerprint density at radius 2 is 1.72 bits per heavy atom. The maximum atomic E-state index is 12.2. The molecule has 128 valence electrons. The van der Waals surface area contributed by atoms with Gasteiger partial charge in [0.2, 0.25) is 5.91 Å². The van der Waals surface area contributed by atoms with Gasteiger partial charge in [0.25, 0.3) is 6.01 Å². The molecule has 1 amide bonds. The number of rotatable bonds is 4. The van der Waals surface area contributed by atoms with E-state index in [0.29, 0.717) is 12.6 Å². The highest BCUT2D eigenvalue weighted by Crippen LogP contribution is 2.22. The summed E-state index contributed by atoms with van der Waals surface area (Å²) in [7, 11) is 0. The summed E-state index contributed by atoms with van der Waals surface area (Å²) < 4.78 is 5.82. The van der Waals surface area contributed by atoms with Crippen molar-refractivity contribution in [2.75, 3.05) is 42.9 Å². The van der Waals surface area contributed by atoms with Crippen LogP contribution in [-0.2, 0) is 4.79 Å². The van der Waals surface area contributed by atoms with Crippen LogP contribution in [0.3, 0.4) is 0 Å². The second-order valence-corrected chi connectivity index (χ2v) is 6.14. The van der Waals surface area contributed by atoms with Crippen LogP contribution in [-0.4, -0.2) is 48.5 Å². The van der Waals surface area contributed by atoms with Gasteiger partial charge in [-0.3, -0.25) is 9.69 Å². The highest BCUT2D eigenvalue weighted by Gasteiger charge is 2.22. The zero-order valence-electron chi connectivity index (χ0n) is 13.9. The highest BCUT2D eigenvalue weighted by atomic mass is 16.4. The molecule has 25 heavy (non-hydrogen) atoms. The number of carbonyl (C=O) groups is 1. The third-order valence-electron chi connectivity index (χ3n) is 4.35. The SMILES string of the molecule is O=C(CN1CCN(c2nc3ccccc3o2)CC1)Nc1ccccc1. The fourth-order valence-corrected chi connectivity index (χ4v) is 3.02. The molecule has 1 N–H and O–H groups in total. The van der Waals surface area contributed by atoms with E-state index < -0.39 is 0 Å². The molecule has 1 aliphatic heterocycles. The van der Waals surface area contributed by atoms with Gasteiger partial charge in [0.1, 0.15) is 5.52 Å². The molecule has 3 aromatic rings. The Morgan fingerprint density at radius 1 is 1.00 bits per heavy atom. The molecular formula is C19H20N4O2. The summed E-state index contributed by atoms with van der Waals surface area (Å²) in [6.07, 6.45) is 0. The Hall–Kier alpha value is -2.86. The first-order valence-electron chi connectivity index (χ1n) is 8.46. The van der Waals surface area contributed by atoms with Crippen molar-refractivity contribution in [3.8, 4) is 0 Å². The Labute approximate surface area is 146 Å². The van der Waals surface area contributed by atoms with Crippen LogP contribution in [0.5, 0.6) is 0 Å². The number of hydrogen-bond donors (Lipinski definition) is 1. The molecule has 0 unspecified atom stereocenters. The lowest BCUT2D eigenvalue weighted by molar-refractivity contribution is -0.117. The number of piperazine rings is 1. The first kappa shape index (κ1) is 15.7. The third kappa shape index (κ3) is 3.64. The van der Waals surface area contributed by atoms with Gasteiger partial charge >= 0.3 is 0 Å². The quantitative estimate of drug-likeness (QED) is 0.793. The normalized spacial score (nSPS) is 15.4. The molecular weight excluding hydrogens is 316 g/mol. The van der Waals surface area contributed by atoms with Gasteiger partial charge in [-0.15, -0.1) is 0 Å². The van der Waals surface area contributed by atoms with Crippen LogP contribution in [0.2, 0.25) is 0 Å². The van der Waals surface area contributed by atoms with Gasteiger partial charge in [0, 0.05) is 31.9 Å². The van der Waals surface area contributed by atoms with E-state index in [9.17, 15) is 4.79 Å². The smallest absolute Gasteiger partial charge is 0.298 e. The Bertz CT molecular complexity index is 821. The van der Waals surface area contributed by atoms with Crippen molar-refractivity contribution in [1.82, 2.24) is 9.88 Å². The van der Waals surface area contributed by atoms with E-state index in [2.05, 4.69) is 20.1 Å². The van der Waals surface area contributed by atoms with Crippen LogP contribution in [0.4, 0.5) is 11.7 Å². The van der Waals surface area contributed by atoms with E-state index in [1.807, 2.05) is 54.6 Å². The highest BCUT2D eigenvalue weighted by molar-refractivity contribution is 5.92. The predicted molar refractivity (Wildman–Crippen MR) is 97.7 cm³/mol. The molecule has 1 fully saturated rings. The number of para-hydroxylation sites is 3. The van der Waals surface area contributed by atoms with Crippen LogP contribution >= 0.6 is 0 Å². The van der Waals surface area contributed by atoms with Crippen LogP contribution in [0, 0.1) is 0 Å². The van der Waals surface area contributed by atoms with E-state index in [4.69, 9.17) is 4.42 Å². The number of aromatic nitrogens is 1. The van der Waals surface area contributed by atoms with Crippen LogP contribution < -0.4 is 10.2 Å². The van der Waals surface area contributed by atoms with E-state index in [1.54, 1.807) is 0 Å². The lowest BCUT2D eigenvalue weighted by Crippen LogP contribution is -2.48. The number of anilines is 2. The first-order valence-corrected chi connectivity index (χ1v) is 8.46. The summed E-state index contributed by atoms with van der Waals surface area (Å²) in [5.41, 5.74) is 2.52. The molecule has 0 spiro atoms. The number of carbonyl (C=O) groups excluding carboxylic acids is 1. The second kappa shape index (κ2) is 6.94. The largest absolute Gasteiger partial charge is 0.423 e. The lowest BCUT2D eigenvalue weighted by atomic mass is 10.3. The van der Waals surface area contributed by atoms with Gasteiger partial charge < -0.3 is 14.6 Å². The summed E-state index contributed by atoms with van der Waals surface area (Å²) in [6.45, 7) is 3.61. The van der Waals surface area contributed by atoms with Gasteiger partial charge in [-0.1, -0.05) is 30.3 Å². The molecule has 0 atom stereocenters. The minimum Gasteiger partial charge on any atom is -0.423 e. The molecule has 1 aliphatic rings. The average molecular weight is 336 g/mol. The zero-order chi connectivity index (χ0) is 17.1. The molecule has 2 heterocycles. The number of benzene rings is 2. The lowest BCUT2D eigenvalue weighted by Gasteiger charge is -2.33. The Balaban J connectivity index is 1.31. The minimum absolute atomic E-state index is 0.0153. The van der Waals surface area contributed by atoms with Gasteiger partial charge in [0.05, 0.1) is 6.54 Å². The molecule has 0 radical (unpaired) electrons. The number of hydrogen-bond acceptors (Lipinski definition) is 5. The zero-order valence-corrected chi connectivity index (χ0v) is 13.9.